The Labute approximate surface area is 127 Å². The lowest BCUT2D eigenvalue weighted by molar-refractivity contribution is 0.559. The number of benzene rings is 1. The van der Waals surface area contributed by atoms with Gasteiger partial charge in [0, 0.05) is 24.0 Å². The van der Waals surface area contributed by atoms with Gasteiger partial charge in [-0.3, -0.25) is 4.98 Å². The number of nitrogens with zero attached hydrogens (tertiary/aromatic N) is 4. The fourth-order valence-electron chi connectivity index (χ4n) is 2.62. The number of rotatable bonds is 3. The molecule has 2 aromatic heterocycles. The lowest BCUT2D eigenvalue weighted by Gasteiger charge is -2.06. The Balaban J connectivity index is 1.82. The van der Waals surface area contributed by atoms with Crippen LogP contribution in [0.2, 0.25) is 5.02 Å². The Kier molecular flexibility index (Phi) is 2.93. The molecule has 3 aromatic rings. The quantitative estimate of drug-likeness (QED) is 0.737. The summed E-state index contributed by atoms with van der Waals surface area (Å²) in [6.45, 7) is 2.92. The standard InChI is InChI=1S/C16H15ClN4/c1-10-8-12(6-7-18-10)13-4-5-14-16(15(13)17)19-20-21(14)9-11-2-3-11/h4-8,11H,2-3,9H2,1H3. The van der Waals surface area contributed by atoms with E-state index in [0.717, 1.165) is 40.3 Å². The highest BCUT2D eigenvalue weighted by molar-refractivity contribution is 6.37. The summed E-state index contributed by atoms with van der Waals surface area (Å²) in [6.07, 6.45) is 4.39. The molecule has 0 N–H and O–H groups in total. The number of aryl methyl sites for hydroxylation is 1. The van der Waals surface area contributed by atoms with E-state index in [2.05, 4.69) is 21.4 Å². The molecular formula is C16H15ClN4. The molecule has 1 aliphatic carbocycles. The third kappa shape index (κ3) is 2.29. The predicted octanol–water partition coefficient (Wildman–Crippen LogP) is 3.87. The SMILES string of the molecule is Cc1cc(-c2ccc3c(nnn3CC3CC3)c2Cl)ccn1. The minimum Gasteiger partial charge on any atom is -0.262 e. The van der Waals surface area contributed by atoms with E-state index in [1.807, 2.05) is 29.8 Å². The first-order chi connectivity index (χ1) is 10.2. The van der Waals surface area contributed by atoms with Crippen LogP contribution in [0.3, 0.4) is 0 Å². The van der Waals surface area contributed by atoms with E-state index in [1.54, 1.807) is 6.20 Å². The molecule has 0 bridgehead atoms. The second-order valence-electron chi connectivity index (χ2n) is 5.70. The van der Waals surface area contributed by atoms with Crippen molar-refractivity contribution in [3.05, 3.63) is 41.2 Å². The van der Waals surface area contributed by atoms with Crippen LogP contribution in [0, 0.1) is 12.8 Å². The third-order valence-corrected chi connectivity index (χ3v) is 4.34. The highest BCUT2D eigenvalue weighted by Gasteiger charge is 2.23. The Bertz CT molecular complexity index is 820. The molecule has 1 fully saturated rings. The molecule has 0 amide bonds. The number of halogens is 1. The largest absolute Gasteiger partial charge is 0.262 e. The van der Waals surface area contributed by atoms with Gasteiger partial charge < -0.3 is 0 Å². The summed E-state index contributed by atoms with van der Waals surface area (Å²) in [4.78, 5) is 4.23. The van der Waals surface area contributed by atoms with Gasteiger partial charge >= 0.3 is 0 Å². The molecule has 0 aliphatic heterocycles. The fraction of sp³-hybridized carbons (Fsp3) is 0.312. The van der Waals surface area contributed by atoms with Crippen LogP contribution >= 0.6 is 11.6 Å². The summed E-state index contributed by atoms with van der Waals surface area (Å²) >= 11 is 6.56. The topological polar surface area (TPSA) is 43.6 Å². The molecule has 0 unspecified atom stereocenters. The maximum Gasteiger partial charge on any atom is 0.132 e. The van der Waals surface area contributed by atoms with Crippen LogP contribution in [0.15, 0.2) is 30.5 Å². The normalized spacial score (nSPS) is 14.8. The Morgan fingerprint density at radius 2 is 2.14 bits per heavy atom. The molecule has 2 heterocycles. The van der Waals surface area contributed by atoms with E-state index >= 15 is 0 Å². The monoisotopic (exact) mass is 298 g/mol. The third-order valence-electron chi connectivity index (χ3n) is 3.96. The maximum atomic E-state index is 6.56. The highest BCUT2D eigenvalue weighted by atomic mass is 35.5. The van der Waals surface area contributed by atoms with Crippen molar-refractivity contribution in [3.63, 3.8) is 0 Å². The summed E-state index contributed by atoms with van der Waals surface area (Å²) in [6, 6.07) is 8.11. The van der Waals surface area contributed by atoms with Gasteiger partial charge in [0.25, 0.3) is 0 Å². The lowest BCUT2D eigenvalue weighted by atomic mass is 10.1. The summed E-state index contributed by atoms with van der Waals surface area (Å²) in [7, 11) is 0. The number of hydrogen-bond donors (Lipinski definition) is 0. The van der Waals surface area contributed by atoms with Gasteiger partial charge in [-0.05, 0) is 49.4 Å². The maximum absolute atomic E-state index is 6.56. The van der Waals surface area contributed by atoms with Crippen LogP contribution in [-0.4, -0.2) is 20.0 Å². The highest BCUT2D eigenvalue weighted by Crippen LogP contribution is 2.35. The van der Waals surface area contributed by atoms with Gasteiger partial charge in [-0.2, -0.15) is 0 Å². The molecule has 0 atom stereocenters. The van der Waals surface area contributed by atoms with Crippen LogP contribution in [0.25, 0.3) is 22.2 Å². The second kappa shape index (κ2) is 4.81. The molecule has 1 saturated carbocycles. The van der Waals surface area contributed by atoms with Crippen molar-refractivity contribution in [1.82, 2.24) is 20.0 Å². The number of hydrogen-bond acceptors (Lipinski definition) is 3. The van der Waals surface area contributed by atoms with Crippen molar-refractivity contribution in [1.29, 1.82) is 0 Å². The molecule has 4 rings (SSSR count). The van der Waals surface area contributed by atoms with Crippen molar-refractivity contribution in [2.75, 3.05) is 0 Å². The average molecular weight is 299 g/mol. The van der Waals surface area contributed by atoms with E-state index in [-0.39, 0.29) is 0 Å². The molecule has 21 heavy (non-hydrogen) atoms. The average Bonchev–Trinajstić information content (AvgIpc) is 3.19. The van der Waals surface area contributed by atoms with Gasteiger partial charge in [0.15, 0.2) is 0 Å². The minimum absolute atomic E-state index is 0.667. The first kappa shape index (κ1) is 12.8. The summed E-state index contributed by atoms with van der Waals surface area (Å²) < 4.78 is 1.97. The van der Waals surface area contributed by atoms with Crippen molar-refractivity contribution < 1.29 is 0 Å². The van der Waals surface area contributed by atoms with Gasteiger partial charge in [0.05, 0.1) is 10.5 Å². The first-order valence-electron chi connectivity index (χ1n) is 7.17. The Morgan fingerprint density at radius 1 is 1.29 bits per heavy atom. The van der Waals surface area contributed by atoms with E-state index < -0.39 is 0 Å². The zero-order valence-corrected chi connectivity index (χ0v) is 12.5. The Hall–Kier alpha value is -1.94. The molecular weight excluding hydrogens is 284 g/mol. The minimum atomic E-state index is 0.667. The molecule has 0 radical (unpaired) electrons. The van der Waals surface area contributed by atoms with Gasteiger partial charge in [0.1, 0.15) is 5.52 Å². The van der Waals surface area contributed by atoms with E-state index in [4.69, 9.17) is 11.6 Å². The second-order valence-corrected chi connectivity index (χ2v) is 6.07. The van der Waals surface area contributed by atoms with E-state index in [9.17, 15) is 0 Å². The van der Waals surface area contributed by atoms with E-state index in [1.165, 1.54) is 12.8 Å². The van der Waals surface area contributed by atoms with Gasteiger partial charge in [0.2, 0.25) is 0 Å². The summed E-state index contributed by atoms with van der Waals surface area (Å²) in [5.41, 5.74) is 4.81. The fourth-order valence-corrected chi connectivity index (χ4v) is 2.93. The molecule has 1 aromatic carbocycles. The molecule has 0 saturated heterocycles. The summed E-state index contributed by atoms with van der Waals surface area (Å²) in [5.74, 6) is 0.760. The van der Waals surface area contributed by atoms with Crippen molar-refractivity contribution in [3.8, 4) is 11.1 Å². The molecule has 5 heteroatoms. The van der Waals surface area contributed by atoms with Crippen molar-refractivity contribution >= 4 is 22.6 Å². The Morgan fingerprint density at radius 3 is 2.90 bits per heavy atom. The van der Waals surface area contributed by atoms with E-state index in [0.29, 0.717) is 5.02 Å². The van der Waals surface area contributed by atoms with Crippen molar-refractivity contribution in [2.45, 2.75) is 26.3 Å². The van der Waals surface area contributed by atoms with Crippen LogP contribution in [0.5, 0.6) is 0 Å². The van der Waals surface area contributed by atoms with Crippen LogP contribution in [0.1, 0.15) is 18.5 Å². The number of aromatic nitrogens is 4. The van der Waals surface area contributed by atoms with Gasteiger partial charge in [-0.15, -0.1) is 5.10 Å². The zero-order chi connectivity index (χ0) is 14.4. The van der Waals surface area contributed by atoms with Crippen molar-refractivity contribution in [2.24, 2.45) is 5.92 Å². The lowest BCUT2D eigenvalue weighted by Crippen LogP contribution is -2.01. The number of pyridine rings is 1. The number of fused-ring (bicyclic) bond motifs is 1. The molecule has 0 spiro atoms. The van der Waals surface area contributed by atoms with Crippen LogP contribution < -0.4 is 0 Å². The molecule has 4 nitrogen and oxygen atoms in total. The zero-order valence-electron chi connectivity index (χ0n) is 11.8. The van der Waals surface area contributed by atoms with Crippen LogP contribution in [0.4, 0.5) is 0 Å². The van der Waals surface area contributed by atoms with Crippen LogP contribution in [-0.2, 0) is 6.54 Å². The van der Waals surface area contributed by atoms with Gasteiger partial charge in [-0.25, -0.2) is 4.68 Å². The molecule has 1 aliphatic rings. The van der Waals surface area contributed by atoms with Gasteiger partial charge in [-0.1, -0.05) is 22.9 Å². The first-order valence-corrected chi connectivity index (χ1v) is 7.55. The molecule has 106 valence electrons. The smallest absolute Gasteiger partial charge is 0.132 e. The predicted molar refractivity (Wildman–Crippen MR) is 83.2 cm³/mol. The summed E-state index contributed by atoms with van der Waals surface area (Å²) in [5, 5.41) is 9.20.